The van der Waals surface area contributed by atoms with Gasteiger partial charge in [0.1, 0.15) is 5.82 Å². The molecule has 2 rings (SSSR count). The number of nitrogens with one attached hydrogen (secondary N) is 2. The lowest BCUT2D eigenvalue weighted by molar-refractivity contribution is 0.0956. The normalized spacial score (nSPS) is 10.2. The largest absolute Gasteiger partial charge is 0.397 e. The van der Waals surface area contributed by atoms with E-state index in [2.05, 4.69) is 10.6 Å². The number of para-hydroxylation sites is 1. The highest BCUT2D eigenvalue weighted by atomic mass is 19.1. The van der Waals surface area contributed by atoms with Crippen LogP contribution >= 0.6 is 0 Å². The van der Waals surface area contributed by atoms with Crippen LogP contribution in [0.3, 0.4) is 0 Å². The number of benzene rings is 2. The summed E-state index contributed by atoms with van der Waals surface area (Å²) in [5.41, 5.74) is 8.45. The first kappa shape index (κ1) is 14.8. The molecule has 2 aromatic rings. The van der Waals surface area contributed by atoms with Crippen molar-refractivity contribution in [3.63, 3.8) is 0 Å². The Morgan fingerprint density at radius 1 is 1.29 bits per heavy atom. The summed E-state index contributed by atoms with van der Waals surface area (Å²) in [6.07, 6.45) is 0. The number of rotatable bonds is 4. The summed E-state index contributed by atoms with van der Waals surface area (Å²) < 4.78 is 13.9. The molecule has 5 heteroatoms. The topological polar surface area (TPSA) is 67.2 Å². The molecular formula is C16H18FN3O. The summed E-state index contributed by atoms with van der Waals surface area (Å²) in [7, 11) is 0. The molecule has 2 aromatic carbocycles. The zero-order valence-corrected chi connectivity index (χ0v) is 12.0. The van der Waals surface area contributed by atoms with Crippen LogP contribution in [0.15, 0.2) is 36.4 Å². The maximum absolute atomic E-state index is 13.9. The van der Waals surface area contributed by atoms with Gasteiger partial charge in [-0.15, -0.1) is 0 Å². The van der Waals surface area contributed by atoms with Crippen LogP contribution in [0, 0.1) is 12.7 Å². The first-order valence-corrected chi connectivity index (χ1v) is 6.72. The fourth-order valence-electron chi connectivity index (χ4n) is 1.99. The van der Waals surface area contributed by atoms with Crippen molar-refractivity contribution in [3.05, 3.63) is 53.3 Å². The van der Waals surface area contributed by atoms with Gasteiger partial charge in [0.2, 0.25) is 0 Å². The minimum absolute atomic E-state index is 0.189. The van der Waals surface area contributed by atoms with Gasteiger partial charge in [-0.05, 0) is 43.7 Å². The Morgan fingerprint density at radius 2 is 2.05 bits per heavy atom. The molecule has 4 nitrogen and oxygen atoms in total. The minimum atomic E-state index is -0.363. The predicted molar refractivity (Wildman–Crippen MR) is 83.3 cm³/mol. The number of nitrogens with two attached hydrogens (primary N) is 1. The number of carbonyl (C=O) groups is 1. The number of halogens is 1. The number of aryl methyl sites for hydroxylation is 1. The fraction of sp³-hybridized carbons (Fsp3) is 0.188. The molecule has 0 unspecified atom stereocenters. The Bertz CT molecular complexity index is 650. The van der Waals surface area contributed by atoms with Crippen molar-refractivity contribution in [2.24, 2.45) is 0 Å². The molecule has 4 N–H and O–H groups in total. The van der Waals surface area contributed by atoms with Gasteiger partial charge in [0.25, 0.3) is 5.91 Å². The van der Waals surface area contributed by atoms with Gasteiger partial charge in [-0.3, -0.25) is 4.79 Å². The third-order valence-corrected chi connectivity index (χ3v) is 3.13. The highest BCUT2D eigenvalue weighted by Gasteiger charge is 2.11. The van der Waals surface area contributed by atoms with E-state index >= 15 is 0 Å². The highest BCUT2D eigenvalue weighted by molar-refractivity contribution is 5.96. The van der Waals surface area contributed by atoms with Crippen molar-refractivity contribution in [1.82, 2.24) is 5.32 Å². The lowest BCUT2D eigenvalue weighted by Crippen LogP contribution is -2.22. The molecular weight excluding hydrogens is 269 g/mol. The zero-order valence-electron chi connectivity index (χ0n) is 12.0. The third-order valence-electron chi connectivity index (χ3n) is 3.13. The average Bonchev–Trinajstić information content (AvgIpc) is 2.45. The quantitative estimate of drug-likeness (QED) is 0.756. The molecule has 0 atom stereocenters. The Morgan fingerprint density at radius 3 is 2.71 bits per heavy atom. The smallest absolute Gasteiger partial charge is 0.251 e. The predicted octanol–water partition coefficient (Wildman–Crippen LogP) is 3.21. The molecule has 0 radical (unpaired) electrons. The van der Waals surface area contributed by atoms with E-state index in [9.17, 15) is 9.18 Å². The van der Waals surface area contributed by atoms with E-state index in [-0.39, 0.29) is 11.7 Å². The summed E-state index contributed by atoms with van der Waals surface area (Å²) in [6.45, 7) is 4.19. The van der Waals surface area contributed by atoms with Gasteiger partial charge in [-0.2, -0.15) is 0 Å². The number of anilines is 3. The second-order valence-electron chi connectivity index (χ2n) is 4.72. The molecule has 110 valence electrons. The third kappa shape index (κ3) is 3.31. The molecule has 0 fully saturated rings. The van der Waals surface area contributed by atoms with E-state index in [0.29, 0.717) is 29.2 Å². The molecule has 0 aliphatic carbocycles. The van der Waals surface area contributed by atoms with Crippen LogP contribution in [-0.2, 0) is 0 Å². The number of amides is 1. The Kier molecular flexibility index (Phi) is 4.42. The lowest BCUT2D eigenvalue weighted by atomic mass is 10.1. The zero-order chi connectivity index (χ0) is 15.4. The lowest BCUT2D eigenvalue weighted by Gasteiger charge is -2.14. The van der Waals surface area contributed by atoms with Crippen molar-refractivity contribution >= 4 is 23.0 Å². The van der Waals surface area contributed by atoms with E-state index in [1.807, 2.05) is 6.92 Å². The molecule has 0 aromatic heterocycles. The van der Waals surface area contributed by atoms with Gasteiger partial charge >= 0.3 is 0 Å². The van der Waals surface area contributed by atoms with E-state index < -0.39 is 0 Å². The summed E-state index contributed by atoms with van der Waals surface area (Å²) >= 11 is 0. The van der Waals surface area contributed by atoms with Crippen LogP contribution in [0.5, 0.6) is 0 Å². The van der Waals surface area contributed by atoms with E-state index in [1.165, 1.54) is 6.07 Å². The standard InChI is InChI=1S/C16H18FN3O/c1-3-19-16(21)11-7-8-13(18)14(9-11)20-15-10(2)5-4-6-12(15)17/h4-9,20H,3,18H2,1-2H3,(H,19,21). The number of carbonyl (C=O) groups excluding carboxylic acids is 1. The van der Waals surface area contributed by atoms with Crippen LogP contribution < -0.4 is 16.4 Å². The van der Waals surface area contributed by atoms with Gasteiger partial charge in [0.05, 0.1) is 17.1 Å². The van der Waals surface area contributed by atoms with Gasteiger partial charge in [-0.25, -0.2) is 4.39 Å². The molecule has 0 heterocycles. The van der Waals surface area contributed by atoms with E-state index in [1.54, 1.807) is 37.3 Å². The SMILES string of the molecule is CCNC(=O)c1ccc(N)c(Nc2c(C)cccc2F)c1. The molecule has 0 saturated heterocycles. The van der Waals surface area contributed by atoms with E-state index in [0.717, 1.165) is 5.56 Å². The van der Waals surface area contributed by atoms with Crippen LogP contribution in [0.25, 0.3) is 0 Å². The first-order valence-electron chi connectivity index (χ1n) is 6.72. The van der Waals surface area contributed by atoms with Crippen LogP contribution in [-0.4, -0.2) is 12.5 Å². The fourth-order valence-corrected chi connectivity index (χ4v) is 1.99. The Balaban J connectivity index is 2.35. The van der Waals surface area contributed by atoms with Crippen molar-refractivity contribution < 1.29 is 9.18 Å². The minimum Gasteiger partial charge on any atom is -0.397 e. The molecule has 1 amide bonds. The first-order chi connectivity index (χ1) is 10.0. The summed E-state index contributed by atoms with van der Waals surface area (Å²) in [5.74, 6) is -0.552. The molecule has 21 heavy (non-hydrogen) atoms. The maximum Gasteiger partial charge on any atom is 0.251 e. The molecule has 0 bridgehead atoms. The van der Waals surface area contributed by atoms with Gasteiger partial charge in [0.15, 0.2) is 0 Å². The number of hydrogen-bond donors (Lipinski definition) is 3. The molecule has 0 aliphatic heterocycles. The van der Waals surface area contributed by atoms with Crippen molar-refractivity contribution in [2.45, 2.75) is 13.8 Å². The molecule has 0 saturated carbocycles. The summed E-state index contributed by atoms with van der Waals surface area (Å²) in [4.78, 5) is 11.8. The van der Waals surface area contributed by atoms with Crippen molar-refractivity contribution in [2.75, 3.05) is 17.6 Å². The van der Waals surface area contributed by atoms with Gasteiger partial charge < -0.3 is 16.4 Å². The monoisotopic (exact) mass is 287 g/mol. The van der Waals surface area contributed by atoms with Crippen molar-refractivity contribution in [3.8, 4) is 0 Å². The molecule has 0 spiro atoms. The Labute approximate surface area is 123 Å². The Hall–Kier alpha value is -2.56. The second-order valence-corrected chi connectivity index (χ2v) is 4.72. The molecule has 0 aliphatic rings. The van der Waals surface area contributed by atoms with Gasteiger partial charge in [0, 0.05) is 12.1 Å². The maximum atomic E-state index is 13.9. The van der Waals surface area contributed by atoms with Crippen LogP contribution in [0.4, 0.5) is 21.5 Å². The van der Waals surface area contributed by atoms with Crippen LogP contribution in [0.1, 0.15) is 22.8 Å². The van der Waals surface area contributed by atoms with Crippen molar-refractivity contribution in [1.29, 1.82) is 0 Å². The highest BCUT2D eigenvalue weighted by Crippen LogP contribution is 2.28. The second kappa shape index (κ2) is 6.26. The summed E-state index contributed by atoms with van der Waals surface area (Å²) in [6, 6.07) is 9.70. The van der Waals surface area contributed by atoms with Crippen LogP contribution in [0.2, 0.25) is 0 Å². The summed E-state index contributed by atoms with van der Waals surface area (Å²) in [5, 5.41) is 5.68. The van der Waals surface area contributed by atoms with E-state index in [4.69, 9.17) is 5.73 Å². The number of nitrogen functional groups attached to an aromatic ring is 1. The number of hydrogen-bond acceptors (Lipinski definition) is 3. The average molecular weight is 287 g/mol. The van der Waals surface area contributed by atoms with Gasteiger partial charge in [-0.1, -0.05) is 12.1 Å².